The van der Waals surface area contributed by atoms with Crippen molar-refractivity contribution in [2.45, 2.75) is 20.8 Å². The topological polar surface area (TPSA) is 40.5 Å². The van der Waals surface area contributed by atoms with Crippen LogP contribution in [0.4, 0.5) is 0 Å². The van der Waals surface area contributed by atoms with Crippen LogP contribution >= 0.6 is 0 Å². The Kier molecular flexibility index (Phi) is 2.80. The molecule has 17 heavy (non-hydrogen) atoms. The number of hydrogen-bond donors (Lipinski definition) is 2. The van der Waals surface area contributed by atoms with Crippen molar-refractivity contribution in [2.24, 2.45) is 0 Å². The van der Waals surface area contributed by atoms with E-state index in [0.29, 0.717) is 5.75 Å². The second kappa shape index (κ2) is 4.13. The molecule has 2 aromatic rings. The highest BCUT2D eigenvalue weighted by atomic mass is 16.3. The van der Waals surface area contributed by atoms with E-state index in [1.54, 1.807) is 6.07 Å². The van der Waals surface area contributed by atoms with Gasteiger partial charge in [-0.25, -0.2) is 0 Å². The normalized spacial score (nSPS) is 10.5. The van der Waals surface area contributed by atoms with Gasteiger partial charge in [-0.15, -0.1) is 0 Å². The van der Waals surface area contributed by atoms with Gasteiger partial charge in [0.1, 0.15) is 11.5 Å². The van der Waals surface area contributed by atoms with Crippen LogP contribution in [0.25, 0.3) is 11.1 Å². The third kappa shape index (κ3) is 2.11. The Morgan fingerprint density at radius 1 is 0.824 bits per heavy atom. The summed E-state index contributed by atoms with van der Waals surface area (Å²) in [7, 11) is 0. The van der Waals surface area contributed by atoms with Gasteiger partial charge in [0.05, 0.1) is 0 Å². The average molecular weight is 228 g/mol. The first-order chi connectivity index (χ1) is 7.99. The molecule has 88 valence electrons. The molecule has 0 aliphatic rings. The van der Waals surface area contributed by atoms with Gasteiger partial charge in [0.2, 0.25) is 0 Å². The summed E-state index contributed by atoms with van der Waals surface area (Å²) in [5.74, 6) is 0.582. The Hall–Kier alpha value is -1.96. The quantitative estimate of drug-likeness (QED) is 0.781. The van der Waals surface area contributed by atoms with E-state index in [0.717, 1.165) is 27.8 Å². The molecule has 0 amide bonds. The van der Waals surface area contributed by atoms with Crippen molar-refractivity contribution < 1.29 is 10.2 Å². The predicted molar refractivity (Wildman–Crippen MR) is 69.4 cm³/mol. The van der Waals surface area contributed by atoms with Crippen molar-refractivity contribution in [1.82, 2.24) is 0 Å². The van der Waals surface area contributed by atoms with Crippen LogP contribution in [0.5, 0.6) is 11.5 Å². The molecule has 2 nitrogen and oxygen atoms in total. The van der Waals surface area contributed by atoms with E-state index in [2.05, 4.69) is 0 Å². The summed E-state index contributed by atoms with van der Waals surface area (Å²) in [5.41, 5.74) is 4.52. The fourth-order valence-corrected chi connectivity index (χ4v) is 2.00. The molecule has 2 rings (SSSR count). The zero-order valence-electron chi connectivity index (χ0n) is 10.3. The van der Waals surface area contributed by atoms with Crippen molar-refractivity contribution in [3.05, 3.63) is 47.0 Å². The summed E-state index contributed by atoms with van der Waals surface area (Å²) in [6, 6.07) is 9.25. The third-order valence-electron chi connectivity index (χ3n) is 2.95. The summed E-state index contributed by atoms with van der Waals surface area (Å²) in [6.07, 6.45) is 0. The van der Waals surface area contributed by atoms with Crippen LogP contribution in [0, 0.1) is 20.8 Å². The standard InChI is InChI=1S/C15H16O2/c1-9-6-11(3)15(17)13(7-9)12-4-5-14(16)10(2)8-12/h4-8,16-17H,1-3H3. The summed E-state index contributed by atoms with van der Waals surface area (Å²) in [5, 5.41) is 19.6. The van der Waals surface area contributed by atoms with Crippen molar-refractivity contribution in [3.63, 3.8) is 0 Å². The minimum atomic E-state index is 0.276. The van der Waals surface area contributed by atoms with Crippen molar-refractivity contribution in [3.8, 4) is 22.6 Å². The van der Waals surface area contributed by atoms with Crippen LogP contribution in [0.1, 0.15) is 16.7 Å². The molecule has 0 bridgehead atoms. The van der Waals surface area contributed by atoms with Gasteiger partial charge in [-0.05, 0) is 61.2 Å². The Labute approximate surface area is 101 Å². The Morgan fingerprint density at radius 3 is 2.18 bits per heavy atom. The fraction of sp³-hybridized carbons (Fsp3) is 0.200. The lowest BCUT2D eigenvalue weighted by molar-refractivity contribution is 0.470. The molecular formula is C15H16O2. The largest absolute Gasteiger partial charge is 0.508 e. The van der Waals surface area contributed by atoms with Gasteiger partial charge < -0.3 is 10.2 Å². The van der Waals surface area contributed by atoms with E-state index in [1.807, 2.05) is 45.0 Å². The maximum Gasteiger partial charge on any atom is 0.126 e. The van der Waals surface area contributed by atoms with Gasteiger partial charge in [-0.3, -0.25) is 0 Å². The average Bonchev–Trinajstić information content (AvgIpc) is 2.27. The second-order valence-corrected chi connectivity index (χ2v) is 4.48. The Bertz CT molecular complexity index is 571. The maximum absolute atomic E-state index is 10.1. The van der Waals surface area contributed by atoms with Crippen LogP contribution in [0.3, 0.4) is 0 Å². The summed E-state index contributed by atoms with van der Waals surface area (Å²) in [6.45, 7) is 5.74. The highest BCUT2D eigenvalue weighted by Gasteiger charge is 2.09. The lowest BCUT2D eigenvalue weighted by Crippen LogP contribution is -1.86. The highest BCUT2D eigenvalue weighted by molar-refractivity contribution is 5.73. The maximum atomic E-state index is 10.1. The second-order valence-electron chi connectivity index (χ2n) is 4.48. The summed E-state index contributed by atoms with van der Waals surface area (Å²) in [4.78, 5) is 0. The van der Waals surface area contributed by atoms with E-state index in [-0.39, 0.29) is 5.75 Å². The van der Waals surface area contributed by atoms with E-state index >= 15 is 0 Å². The fourth-order valence-electron chi connectivity index (χ4n) is 2.00. The molecule has 0 aliphatic carbocycles. The lowest BCUT2D eigenvalue weighted by Gasteiger charge is -2.10. The number of phenols is 2. The number of aryl methyl sites for hydroxylation is 3. The molecule has 0 saturated heterocycles. The molecule has 0 aliphatic heterocycles. The van der Waals surface area contributed by atoms with Gasteiger partial charge in [-0.2, -0.15) is 0 Å². The smallest absolute Gasteiger partial charge is 0.126 e. The first-order valence-electron chi connectivity index (χ1n) is 5.59. The first-order valence-corrected chi connectivity index (χ1v) is 5.59. The molecular weight excluding hydrogens is 212 g/mol. The molecule has 0 radical (unpaired) electrons. The number of hydrogen-bond acceptors (Lipinski definition) is 2. The predicted octanol–water partition coefficient (Wildman–Crippen LogP) is 3.69. The first kappa shape index (κ1) is 11.5. The van der Waals surface area contributed by atoms with E-state index in [4.69, 9.17) is 0 Å². The number of aromatic hydroxyl groups is 2. The molecule has 0 fully saturated rings. The molecule has 0 heterocycles. The van der Waals surface area contributed by atoms with Crippen molar-refractivity contribution in [2.75, 3.05) is 0 Å². The zero-order valence-corrected chi connectivity index (χ0v) is 10.3. The molecule has 0 aromatic heterocycles. The third-order valence-corrected chi connectivity index (χ3v) is 2.95. The molecule has 2 heteroatoms. The van der Waals surface area contributed by atoms with Gasteiger partial charge in [-0.1, -0.05) is 12.1 Å². The number of rotatable bonds is 1. The van der Waals surface area contributed by atoms with E-state index in [1.165, 1.54) is 0 Å². The molecule has 2 aromatic carbocycles. The summed E-state index contributed by atoms with van der Waals surface area (Å²) >= 11 is 0. The van der Waals surface area contributed by atoms with Gasteiger partial charge in [0, 0.05) is 5.56 Å². The highest BCUT2D eigenvalue weighted by Crippen LogP contribution is 2.34. The van der Waals surface area contributed by atoms with Crippen molar-refractivity contribution in [1.29, 1.82) is 0 Å². The molecule has 0 unspecified atom stereocenters. The van der Waals surface area contributed by atoms with Crippen LogP contribution in [-0.4, -0.2) is 10.2 Å². The number of benzene rings is 2. The van der Waals surface area contributed by atoms with E-state index < -0.39 is 0 Å². The Morgan fingerprint density at radius 2 is 1.53 bits per heavy atom. The van der Waals surface area contributed by atoms with Crippen LogP contribution in [0.15, 0.2) is 30.3 Å². The van der Waals surface area contributed by atoms with Crippen LogP contribution in [-0.2, 0) is 0 Å². The summed E-state index contributed by atoms with van der Waals surface area (Å²) < 4.78 is 0. The molecule has 0 saturated carbocycles. The SMILES string of the molecule is Cc1cc(C)c(O)c(-c2ccc(O)c(C)c2)c1. The zero-order chi connectivity index (χ0) is 12.6. The minimum absolute atomic E-state index is 0.276. The van der Waals surface area contributed by atoms with Crippen LogP contribution < -0.4 is 0 Å². The van der Waals surface area contributed by atoms with Gasteiger partial charge >= 0.3 is 0 Å². The monoisotopic (exact) mass is 228 g/mol. The minimum Gasteiger partial charge on any atom is -0.508 e. The molecule has 0 atom stereocenters. The lowest BCUT2D eigenvalue weighted by atomic mass is 9.98. The number of phenolic OH excluding ortho intramolecular Hbond substituents is 2. The van der Waals surface area contributed by atoms with Crippen LogP contribution in [0.2, 0.25) is 0 Å². The van der Waals surface area contributed by atoms with E-state index in [9.17, 15) is 10.2 Å². The molecule has 0 spiro atoms. The Balaban J connectivity index is 2.64. The van der Waals surface area contributed by atoms with Gasteiger partial charge in [0.15, 0.2) is 0 Å². The van der Waals surface area contributed by atoms with Crippen molar-refractivity contribution >= 4 is 0 Å². The van der Waals surface area contributed by atoms with Gasteiger partial charge in [0.25, 0.3) is 0 Å². The molecule has 2 N–H and O–H groups in total.